The lowest BCUT2D eigenvalue weighted by atomic mass is 10.2. The molecule has 0 amide bonds. The van der Waals surface area contributed by atoms with Crippen LogP contribution in [-0.2, 0) is 6.54 Å². The average Bonchev–Trinajstić information content (AvgIpc) is 2.94. The van der Waals surface area contributed by atoms with E-state index in [9.17, 15) is 0 Å². The van der Waals surface area contributed by atoms with Crippen molar-refractivity contribution in [2.45, 2.75) is 25.9 Å². The molecule has 1 unspecified atom stereocenters. The first-order valence-corrected chi connectivity index (χ1v) is 6.83. The summed E-state index contributed by atoms with van der Waals surface area (Å²) in [5.41, 5.74) is 1.06. The third kappa shape index (κ3) is 3.05. The Kier molecular flexibility index (Phi) is 4.66. The predicted molar refractivity (Wildman–Crippen MR) is 72.8 cm³/mol. The summed E-state index contributed by atoms with van der Waals surface area (Å²) in [4.78, 5) is 8.54. The van der Waals surface area contributed by atoms with Gasteiger partial charge in [-0.2, -0.15) is 0 Å². The van der Waals surface area contributed by atoms with E-state index in [1.54, 1.807) is 24.6 Å². The highest BCUT2D eigenvalue weighted by Gasteiger charge is 2.12. The van der Waals surface area contributed by atoms with Crippen LogP contribution < -0.4 is 10.1 Å². The topological polar surface area (TPSA) is 47.0 Å². The third-order valence-corrected chi connectivity index (χ3v) is 3.63. The molecule has 0 bridgehead atoms. The molecule has 96 valence electrons. The Hall–Kier alpha value is -1.46. The van der Waals surface area contributed by atoms with E-state index in [2.05, 4.69) is 22.2 Å². The number of thiazole rings is 1. The summed E-state index contributed by atoms with van der Waals surface area (Å²) >= 11 is 1.68. The molecule has 0 aliphatic carbocycles. The van der Waals surface area contributed by atoms with Crippen molar-refractivity contribution in [3.05, 3.63) is 40.5 Å². The Bertz CT molecular complexity index is 473. The van der Waals surface area contributed by atoms with Crippen molar-refractivity contribution in [3.63, 3.8) is 0 Å². The van der Waals surface area contributed by atoms with Gasteiger partial charge in [-0.1, -0.05) is 13.0 Å². The van der Waals surface area contributed by atoms with Crippen LogP contribution in [0.1, 0.15) is 30.0 Å². The van der Waals surface area contributed by atoms with Crippen LogP contribution in [0.2, 0.25) is 0 Å². The Morgan fingerprint density at radius 3 is 2.94 bits per heavy atom. The van der Waals surface area contributed by atoms with Crippen molar-refractivity contribution in [2.75, 3.05) is 7.11 Å². The van der Waals surface area contributed by atoms with Crippen LogP contribution in [0.4, 0.5) is 0 Å². The van der Waals surface area contributed by atoms with Crippen LogP contribution in [0.15, 0.2) is 29.9 Å². The first kappa shape index (κ1) is 13.0. The highest BCUT2D eigenvalue weighted by Crippen LogP contribution is 2.20. The van der Waals surface area contributed by atoms with Gasteiger partial charge >= 0.3 is 0 Å². The maximum absolute atomic E-state index is 5.24. The van der Waals surface area contributed by atoms with Gasteiger partial charge in [0.1, 0.15) is 5.01 Å². The summed E-state index contributed by atoms with van der Waals surface area (Å²) in [5.74, 6) is 0.680. The van der Waals surface area contributed by atoms with Gasteiger partial charge in [-0.3, -0.25) is 0 Å². The maximum atomic E-state index is 5.24. The first-order valence-electron chi connectivity index (χ1n) is 5.95. The summed E-state index contributed by atoms with van der Waals surface area (Å²) in [6.07, 6.45) is 4.59. The van der Waals surface area contributed by atoms with Gasteiger partial charge in [-0.25, -0.2) is 9.97 Å². The van der Waals surface area contributed by atoms with E-state index in [0.29, 0.717) is 5.88 Å². The summed E-state index contributed by atoms with van der Waals surface area (Å²) in [6.45, 7) is 2.88. The summed E-state index contributed by atoms with van der Waals surface area (Å²) in [5, 5.41) is 6.62. The van der Waals surface area contributed by atoms with Crippen LogP contribution in [0, 0.1) is 0 Å². The lowest BCUT2D eigenvalue weighted by molar-refractivity contribution is 0.388. The summed E-state index contributed by atoms with van der Waals surface area (Å²) < 4.78 is 5.24. The smallest absolute Gasteiger partial charge is 0.217 e. The molecule has 0 radical (unpaired) electrons. The van der Waals surface area contributed by atoms with Crippen molar-refractivity contribution >= 4 is 11.3 Å². The molecule has 0 saturated heterocycles. The number of aromatic nitrogens is 2. The monoisotopic (exact) mass is 263 g/mol. The van der Waals surface area contributed by atoms with Gasteiger partial charge in [0.15, 0.2) is 0 Å². The molecule has 0 fully saturated rings. The van der Waals surface area contributed by atoms with Crippen molar-refractivity contribution in [1.29, 1.82) is 0 Å². The molecule has 2 rings (SSSR count). The summed E-state index contributed by atoms with van der Waals surface area (Å²) in [7, 11) is 1.64. The predicted octanol–water partition coefficient (Wildman–Crippen LogP) is 2.79. The Labute approximate surface area is 111 Å². The van der Waals surface area contributed by atoms with Crippen LogP contribution in [0.25, 0.3) is 0 Å². The fourth-order valence-electron chi connectivity index (χ4n) is 1.79. The highest BCUT2D eigenvalue weighted by molar-refractivity contribution is 7.09. The Morgan fingerprint density at radius 2 is 2.28 bits per heavy atom. The van der Waals surface area contributed by atoms with E-state index in [1.165, 1.54) is 0 Å². The molecule has 2 aromatic rings. The molecule has 0 saturated carbocycles. The molecule has 1 atom stereocenters. The van der Waals surface area contributed by atoms with E-state index >= 15 is 0 Å². The zero-order valence-electron chi connectivity index (χ0n) is 10.6. The second kappa shape index (κ2) is 6.47. The fourth-order valence-corrected chi connectivity index (χ4v) is 2.59. The van der Waals surface area contributed by atoms with Gasteiger partial charge in [0, 0.05) is 29.9 Å². The molecule has 18 heavy (non-hydrogen) atoms. The number of pyridine rings is 1. The normalized spacial score (nSPS) is 12.3. The fraction of sp³-hybridized carbons (Fsp3) is 0.385. The van der Waals surface area contributed by atoms with Crippen LogP contribution >= 0.6 is 11.3 Å². The molecule has 0 aliphatic heterocycles. The molecule has 0 spiro atoms. The van der Waals surface area contributed by atoms with Crippen molar-refractivity contribution in [3.8, 4) is 5.88 Å². The Morgan fingerprint density at radius 1 is 1.39 bits per heavy atom. The summed E-state index contributed by atoms with van der Waals surface area (Å²) in [6, 6.07) is 4.23. The van der Waals surface area contributed by atoms with Gasteiger partial charge in [0.25, 0.3) is 0 Å². The van der Waals surface area contributed by atoms with E-state index in [1.807, 2.05) is 23.7 Å². The van der Waals surface area contributed by atoms with E-state index in [4.69, 9.17) is 4.74 Å². The van der Waals surface area contributed by atoms with Crippen molar-refractivity contribution in [1.82, 2.24) is 15.3 Å². The number of hydrogen-bond donors (Lipinski definition) is 1. The molecule has 5 heteroatoms. The van der Waals surface area contributed by atoms with Crippen LogP contribution in [0.5, 0.6) is 5.88 Å². The Balaban J connectivity index is 2.02. The van der Waals surface area contributed by atoms with E-state index in [-0.39, 0.29) is 6.04 Å². The number of hydrogen-bond acceptors (Lipinski definition) is 5. The van der Waals surface area contributed by atoms with Crippen molar-refractivity contribution < 1.29 is 4.74 Å². The first-order chi connectivity index (χ1) is 8.85. The molecule has 2 heterocycles. The van der Waals surface area contributed by atoms with Gasteiger partial charge in [0.05, 0.1) is 13.2 Å². The molecule has 1 N–H and O–H groups in total. The van der Waals surface area contributed by atoms with Gasteiger partial charge < -0.3 is 10.1 Å². The van der Waals surface area contributed by atoms with Crippen LogP contribution in [-0.4, -0.2) is 17.1 Å². The largest absolute Gasteiger partial charge is 0.481 e. The molecule has 2 aromatic heterocycles. The molecular formula is C13H17N3OS. The standard InChI is InChI=1S/C13H17N3OS/c1-3-11(13-15-7-8-18-13)16-9-10-5-4-6-14-12(10)17-2/h4-8,11,16H,3,9H2,1-2H3. The number of ether oxygens (including phenoxy) is 1. The van der Waals surface area contributed by atoms with Gasteiger partial charge in [-0.15, -0.1) is 11.3 Å². The lowest BCUT2D eigenvalue weighted by Crippen LogP contribution is -2.20. The zero-order valence-corrected chi connectivity index (χ0v) is 11.4. The average molecular weight is 263 g/mol. The number of nitrogens with zero attached hydrogens (tertiary/aromatic N) is 2. The minimum Gasteiger partial charge on any atom is -0.481 e. The second-order valence-corrected chi connectivity index (χ2v) is 4.81. The maximum Gasteiger partial charge on any atom is 0.217 e. The molecular weight excluding hydrogens is 246 g/mol. The quantitative estimate of drug-likeness (QED) is 0.870. The minimum atomic E-state index is 0.287. The van der Waals surface area contributed by atoms with Gasteiger partial charge in [-0.05, 0) is 12.5 Å². The van der Waals surface area contributed by atoms with Crippen molar-refractivity contribution in [2.24, 2.45) is 0 Å². The molecule has 0 aromatic carbocycles. The van der Waals surface area contributed by atoms with E-state index < -0.39 is 0 Å². The SMILES string of the molecule is CCC(NCc1cccnc1OC)c1nccs1. The second-order valence-electron chi connectivity index (χ2n) is 3.88. The number of methoxy groups -OCH3 is 1. The number of nitrogens with one attached hydrogen (secondary N) is 1. The molecule has 4 nitrogen and oxygen atoms in total. The molecule has 0 aliphatic rings. The van der Waals surface area contributed by atoms with Gasteiger partial charge in [0.2, 0.25) is 5.88 Å². The van der Waals surface area contributed by atoms with Crippen LogP contribution in [0.3, 0.4) is 0 Å². The zero-order chi connectivity index (χ0) is 12.8. The number of rotatable bonds is 6. The highest BCUT2D eigenvalue weighted by atomic mass is 32.1. The lowest BCUT2D eigenvalue weighted by Gasteiger charge is -2.15. The minimum absolute atomic E-state index is 0.287. The van der Waals surface area contributed by atoms with E-state index in [0.717, 1.165) is 23.5 Å². The third-order valence-electron chi connectivity index (χ3n) is 2.74.